The molecule has 3 nitrogen and oxygen atoms in total. The number of ether oxygens (including phenoxy) is 1. The van der Waals surface area contributed by atoms with E-state index in [2.05, 4.69) is 6.92 Å². The van der Waals surface area contributed by atoms with Crippen molar-refractivity contribution in [3.8, 4) is 11.5 Å². The number of benzene rings is 1. The molecule has 96 valence electrons. The number of rotatable bonds is 0. The van der Waals surface area contributed by atoms with Crippen molar-refractivity contribution in [2.24, 2.45) is 5.92 Å². The Morgan fingerprint density at radius 3 is 3.06 bits per heavy atom. The lowest BCUT2D eigenvalue weighted by Gasteiger charge is -2.42. The Labute approximate surface area is 107 Å². The van der Waals surface area contributed by atoms with Crippen molar-refractivity contribution in [3.05, 3.63) is 23.8 Å². The van der Waals surface area contributed by atoms with E-state index in [4.69, 9.17) is 4.74 Å². The summed E-state index contributed by atoms with van der Waals surface area (Å²) in [5.41, 5.74) is 0.284. The maximum Gasteiger partial charge on any atom is 0.170 e. The largest absolute Gasteiger partial charge is 0.508 e. The van der Waals surface area contributed by atoms with Gasteiger partial charge in [-0.15, -0.1) is 0 Å². The lowest BCUT2D eigenvalue weighted by atomic mass is 9.74. The summed E-state index contributed by atoms with van der Waals surface area (Å²) in [6, 6.07) is 4.76. The van der Waals surface area contributed by atoms with Gasteiger partial charge in [-0.2, -0.15) is 0 Å². The number of ketones is 1. The average molecular weight is 246 g/mol. The Hall–Kier alpha value is -1.51. The first-order valence-electron chi connectivity index (χ1n) is 6.63. The molecule has 1 heterocycles. The van der Waals surface area contributed by atoms with Crippen LogP contribution in [-0.4, -0.2) is 16.5 Å². The van der Waals surface area contributed by atoms with E-state index in [0.717, 1.165) is 19.3 Å². The Kier molecular flexibility index (Phi) is 2.58. The maximum atomic E-state index is 12.2. The topological polar surface area (TPSA) is 46.5 Å². The van der Waals surface area contributed by atoms with Crippen molar-refractivity contribution in [1.29, 1.82) is 0 Å². The lowest BCUT2D eigenvalue weighted by Crippen LogP contribution is -2.45. The molecule has 0 amide bonds. The number of carbonyl (C=O) groups excluding carboxylic acids is 1. The van der Waals surface area contributed by atoms with Gasteiger partial charge in [0.15, 0.2) is 5.78 Å². The fraction of sp³-hybridized carbons (Fsp3) is 0.533. The van der Waals surface area contributed by atoms with E-state index >= 15 is 0 Å². The highest BCUT2D eigenvalue weighted by Gasteiger charge is 2.43. The number of Topliss-reactive ketones (excluding diaryl/α,β-unsaturated/α-hetero) is 1. The number of hydrogen-bond donors (Lipinski definition) is 1. The quantitative estimate of drug-likeness (QED) is 0.764. The third-order valence-electron chi connectivity index (χ3n) is 4.12. The van der Waals surface area contributed by atoms with Gasteiger partial charge in [-0.3, -0.25) is 4.79 Å². The van der Waals surface area contributed by atoms with Gasteiger partial charge in [0.05, 0.1) is 12.0 Å². The molecule has 1 saturated carbocycles. The molecule has 0 bridgehead atoms. The van der Waals surface area contributed by atoms with E-state index in [-0.39, 0.29) is 17.1 Å². The molecule has 3 rings (SSSR count). The first-order chi connectivity index (χ1) is 8.58. The van der Waals surface area contributed by atoms with Crippen molar-refractivity contribution in [2.75, 3.05) is 0 Å². The second-order valence-electron chi connectivity index (χ2n) is 5.77. The van der Waals surface area contributed by atoms with Gasteiger partial charge in [-0.05, 0) is 37.3 Å². The molecule has 1 aliphatic carbocycles. The standard InChI is InChI=1S/C15H18O3/c1-10-3-2-6-15(8-10)9-13(17)12-5-4-11(16)7-14(12)18-15/h4-5,7,10,16H,2-3,6,8-9H2,1H3/t10-,15+/m1/s1. The van der Waals surface area contributed by atoms with Crippen molar-refractivity contribution < 1.29 is 14.6 Å². The van der Waals surface area contributed by atoms with Crippen LogP contribution in [0.1, 0.15) is 49.4 Å². The predicted octanol–water partition coefficient (Wildman–Crippen LogP) is 3.31. The third kappa shape index (κ3) is 1.88. The highest BCUT2D eigenvalue weighted by molar-refractivity contribution is 6.00. The van der Waals surface area contributed by atoms with E-state index < -0.39 is 0 Å². The molecule has 1 spiro atoms. The highest BCUT2D eigenvalue weighted by Crippen LogP contribution is 2.44. The van der Waals surface area contributed by atoms with Crippen molar-refractivity contribution in [1.82, 2.24) is 0 Å². The fourth-order valence-electron chi connectivity index (χ4n) is 3.35. The SMILES string of the molecule is C[C@@H]1CCC[C@@]2(CC(=O)c3ccc(O)cc3O2)C1. The Morgan fingerprint density at radius 2 is 2.28 bits per heavy atom. The molecule has 0 unspecified atom stereocenters. The molecular weight excluding hydrogens is 228 g/mol. The monoisotopic (exact) mass is 246 g/mol. The smallest absolute Gasteiger partial charge is 0.170 e. The predicted molar refractivity (Wildman–Crippen MR) is 68.0 cm³/mol. The molecule has 3 heteroatoms. The molecular formula is C15H18O3. The summed E-state index contributed by atoms with van der Waals surface area (Å²) in [6.07, 6.45) is 4.69. The summed E-state index contributed by atoms with van der Waals surface area (Å²) in [5.74, 6) is 1.46. The molecule has 2 aliphatic rings. The van der Waals surface area contributed by atoms with Crippen molar-refractivity contribution in [2.45, 2.75) is 44.6 Å². The molecule has 1 N–H and O–H groups in total. The summed E-state index contributed by atoms with van der Waals surface area (Å²) in [4.78, 5) is 12.2. The first-order valence-corrected chi connectivity index (χ1v) is 6.63. The molecule has 18 heavy (non-hydrogen) atoms. The van der Waals surface area contributed by atoms with E-state index in [9.17, 15) is 9.90 Å². The van der Waals surface area contributed by atoms with E-state index in [1.807, 2.05) is 0 Å². The number of phenols is 1. The molecule has 0 aromatic heterocycles. The minimum atomic E-state index is -0.324. The van der Waals surface area contributed by atoms with Gasteiger partial charge < -0.3 is 9.84 Å². The van der Waals surface area contributed by atoms with Crippen LogP contribution in [0.25, 0.3) is 0 Å². The van der Waals surface area contributed by atoms with Gasteiger partial charge in [-0.1, -0.05) is 13.3 Å². The zero-order valence-electron chi connectivity index (χ0n) is 10.6. The second kappa shape index (κ2) is 4.01. The van der Waals surface area contributed by atoms with Crippen LogP contribution in [0.5, 0.6) is 11.5 Å². The van der Waals surface area contributed by atoms with Gasteiger partial charge in [-0.25, -0.2) is 0 Å². The van der Waals surface area contributed by atoms with Crippen LogP contribution < -0.4 is 4.74 Å². The van der Waals surface area contributed by atoms with Crippen molar-refractivity contribution >= 4 is 5.78 Å². The van der Waals surface area contributed by atoms with Gasteiger partial charge in [0.1, 0.15) is 17.1 Å². The molecule has 2 atom stereocenters. The van der Waals surface area contributed by atoms with E-state index in [1.165, 1.54) is 6.42 Å². The summed E-state index contributed by atoms with van der Waals surface area (Å²) in [5, 5.41) is 9.52. The Balaban J connectivity index is 1.97. The summed E-state index contributed by atoms with van der Waals surface area (Å²) in [7, 11) is 0. The molecule has 1 aliphatic heterocycles. The lowest BCUT2D eigenvalue weighted by molar-refractivity contribution is -0.000930. The zero-order chi connectivity index (χ0) is 12.8. The third-order valence-corrected chi connectivity index (χ3v) is 4.12. The van der Waals surface area contributed by atoms with Gasteiger partial charge in [0.25, 0.3) is 0 Å². The van der Waals surface area contributed by atoms with E-state index in [1.54, 1.807) is 18.2 Å². The van der Waals surface area contributed by atoms with Crippen LogP contribution in [0.4, 0.5) is 0 Å². The first kappa shape index (κ1) is 11.6. The normalized spacial score (nSPS) is 30.9. The Bertz CT molecular complexity index is 495. The number of hydrogen-bond acceptors (Lipinski definition) is 3. The van der Waals surface area contributed by atoms with Crippen LogP contribution in [0.3, 0.4) is 0 Å². The average Bonchev–Trinajstić information content (AvgIpc) is 2.27. The van der Waals surface area contributed by atoms with Crippen LogP contribution in [0.2, 0.25) is 0 Å². The minimum absolute atomic E-state index is 0.144. The van der Waals surface area contributed by atoms with E-state index in [0.29, 0.717) is 23.7 Å². The molecule has 1 aromatic rings. The summed E-state index contributed by atoms with van der Waals surface area (Å²) >= 11 is 0. The number of fused-ring (bicyclic) bond motifs is 1. The van der Waals surface area contributed by atoms with Crippen LogP contribution in [-0.2, 0) is 0 Å². The number of phenolic OH excluding ortho intramolecular Hbond substituents is 1. The van der Waals surface area contributed by atoms with Crippen LogP contribution >= 0.6 is 0 Å². The van der Waals surface area contributed by atoms with Gasteiger partial charge in [0, 0.05) is 6.07 Å². The maximum absolute atomic E-state index is 12.2. The van der Waals surface area contributed by atoms with Crippen molar-refractivity contribution in [3.63, 3.8) is 0 Å². The molecule has 0 saturated heterocycles. The molecule has 1 aromatic carbocycles. The Morgan fingerprint density at radius 1 is 1.44 bits per heavy atom. The molecule has 1 fully saturated rings. The summed E-state index contributed by atoms with van der Waals surface area (Å²) in [6.45, 7) is 2.22. The number of carbonyl (C=O) groups is 1. The highest BCUT2D eigenvalue weighted by atomic mass is 16.5. The number of aromatic hydroxyl groups is 1. The minimum Gasteiger partial charge on any atom is -0.508 e. The van der Waals surface area contributed by atoms with Gasteiger partial charge in [0.2, 0.25) is 0 Å². The summed E-state index contributed by atoms with van der Waals surface area (Å²) < 4.78 is 6.10. The fourth-order valence-corrected chi connectivity index (χ4v) is 3.35. The van der Waals surface area contributed by atoms with Gasteiger partial charge >= 0.3 is 0 Å². The molecule has 0 radical (unpaired) electrons. The second-order valence-corrected chi connectivity index (χ2v) is 5.77. The van der Waals surface area contributed by atoms with Crippen LogP contribution in [0.15, 0.2) is 18.2 Å². The zero-order valence-corrected chi connectivity index (χ0v) is 10.6. The van der Waals surface area contributed by atoms with Crippen LogP contribution in [0, 0.1) is 5.92 Å².